The van der Waals surface area contributed by atoms with E-state index in [1.54, 1.807) is 18.2 Å². The molecule has 1 saturated heterocycles. The van der Waals surface area contributed by atoms with Crippen molar-refractivity contribution in [2.24, 2.45) is 0 Å². The minimum absolute atomic E-state index is 0.0755. The predicted molar refractivity (Wildman–Crippen MR) is 138 cm³/mol. The fraction of sp³-hybridized carbons (Fsp3) is 0.481. The molecular weight excluding hydrogens is 532 g/mol. The van der Waals surface area contributed by atoms with Crippen molar-refractivity contribution in [2.45, 2.75) is 37.5 Å². The number of methoxy groups -OCH3 is 2. The highest BCUT2D eigenvalue weighted by Crippen LogP contribution is 2.14. The number of hydrogen-bond acceptors (Lipinski definition) is 8. The van der Waals surface area contributed by atoms with Crippen LogP contribution in [-0.2, 0) is 40.4 Å². The summed E-state index contributed by atoms with van der Waals surface area (Å²) in [6, 6.07) is 14.6. The number of carbonyl (C=O) groups is 2. The summed E-state index contributed by atoms with van der Waals surface area (Å²) in [5.74, 6) is -0.641. The molecule has 2 aromatic rings. The Morgan fingerprint density at radius 3 is 2.03 bits per heavy atom. The molecule has 1 heterocycles. The Morgan fingerprint density at radius 2 is 1.42 bits per heavy atom. The molecule has 1 aliphatic rings. The van der Waals surface area contributed by atoms with Crippen LogP contribution in [0.15, 0.2) is 48.5 Å². The molecule has 0 radical (unpaired) electrons. The summed E-state index contributed by atoms with van der Waals surface area (Å²) in [5, 5.41) is 0.665. The van der Waals surface area contributed by atoms with Crippen molar-refractivity contribution < 1.29 is 38.0 Å². The van der Waals surface area contributed by atoms with Gasteiger partial charge in [-0.05, 0) is 42.5 Å². The fourth-order valence-corrected chi connectivity index (χ4v) is 3.87. The number of rotatable bonds is 12. The second-order valence-electron chi connectivity index (χ2n) is 7.76. The van der Waals surface area contributed by atoms with Gasteiger partial charge >= 0.3 is 11.9 Å². The molecule has 0 aliphatic carbocycles. The Labute approximate surface area is 221 Å². The maximum Gasteiger partial charge on any atom is 0.338 e. The lowest BCUT2D eigenvalue weighted by Gasteiger charge is -2.22. The molecule has 0 saturated carbocycles. The van der Waals surface area contributed by atoms with Crippen LogP contribution in [-0.4, -0.2) is 65.5 Å². The molecule has 0 bridgehead atoms. The molecule has 1 fully saturated rings. The lowest BCUT2D eigenvalue weighted by atomic mass is 10.1. The van der Waals surface area contributed by atoms with Crippen LogP contribution in [0.2, 0.25) is 0 Å². The Balaban J connectivity index is 0.000000319. The Hall–Kier alpha value is -2.30. The van der Waals surface area contributed by atoms with Crippen LogP contribution in [0.1, 0.15) is 51.1 Å². The maximum absolute atomic E-state index is 11.6. The van der Waals surface area contributed by atoms with Crippen molar-refractivity contribution in [1.29, 1.82) is 0 Å². The highest BCUT2D eigenvalue weighted by Gasteiger charge is 2.13. The van der Waals surface area contributed by atoms with E-state index in [9.17, 15) is 9.59 Å². The number of alkyl halides is 1. The number of benzene rings is 2. The third kappa shape index (κ3) is 10.8. The van der Waals surface area contributed by atoms with Crippen LogP contribution in [0.25, 0.3) is 0 Å². The van der Waals surface area contributed by atoms with E-state index < -0.39 is 0 Å². The van der Waals surface area contributed by atoms with Crippen molar-refractivity contribution in [3.63, 3.8) is 0 Å². The average molecular weight is 567 g/mol. The zero-order chi connectivity index (χ0) is 26.0. The van der Waals surface area contributed by atoms with Crippen molar-refractivity contribution in [3.05, 3.63) is 70.8 Å². The summed E-state index contributed by atoms with van der Waals surface area (Å²) in [6.07, 6.45) is 3.16. The number of esters is 2. The summed E-state index contributed by atoms with van der Waals surface area (Å²) in [6.45, 7) is 3.11. The van der Waals surface area contributed by atoms with Crippen LogP contribution in [0.3, 0.4) is 0 Å². The lowest BCUT2D eigenvalue weighted by molar-refractivity contribution is -0.169. The first-order valence-electron chi connectivity index (χ1n) is 11.9. The van der Waals surface area contributed by atoms with Crippen molar-refractivity contribution in [1.82, 2.24) is 0 Å². The number of halogens is 1. The Kier molecular flexibility index (Phi) is 15.0. The third-order valence-corrected chi connectivity index (χ3v) is 5.89. The predicted octanol–water partition coefficient (Wildman–Crippen LogP) is 4.92. The van der Waals surface area contributed by atoms with Gasteiger partial charge in [0.1, 0.15) is 0 Å². The highest BCUT2D eigenvalue weighted by atomic mass is 79.9. The van der Waals surface area contributed by atoms with Gasteiger partial charge < -0.3 is 28.4 Å². The molecular formula is C27H35BrO8. The van der Waals surface area contributed by atoms with Gasteiger partial charge in [0.25, 0.3) is 0 Å². The van der Waals surface area contributed by atoms with Gasteiger partial charge in [0.2, 0.25) is 0 Å². The fourth-order valence-electron chi connectivity index (χ4n) is 3.38. The molecule has 1 aliphatic heterocycles. The molecule has 9 heteroatoms. The van der Waals surface area contributed by atoms with Gasteiger partial charge in [0.15, 0.2) is 6.29 Å². The van der Waals surface area contributed by atoms with E-state index in [1.165, 1.54) is 14.2 Å². The molecule has 1 atom stereocenters. The highest BCUT2D eigenvalue weighted by molar-refractivity contribution is 9.08. The molecule has 198 valence electrons. The smallest absolute Gasteiger partial charge is 0.338 e. The SMILES string of the molecule is COC(=O)c1ccccc1CBr.COC(=O)c1ccccc1COCCOCCOC1CCCCO1. The van der Waals surface area contributed by atoms with E-state index in [1.807, 2.05) is 30.3 Å². The summed E-state index contributed by atoms with van der Waals surface area (Å²) >= 11 is 3.30. The summed E-state index contributed by atoms with van der Waals surface area (Å²) in [7, 11) is 2.75. The zero-order valence-electron chi connectivity index (χ0n) is 20.9. The van der Waals surface area contributed by atoms with E-state index in [0.717, 1.165) is 37.0 Å². The topological polar surface area (TPSA) is 89.5 Å². The number of ether oxygens (including phenoxy) is 6. The van der Waals surface area contributed by atoms with E-state index >= 15 is 0 Å². The van der Waals surface area contributed by atoms with Crippen molar-refractivity contribution in [3.8, 4) is 0 Å². The molecule has 0 spiro atoms. The molecule has 0 aromatic heterocycles. The van der Waals surface area contributed by atoms with Gasteiger partial charge in [-0.2, -0.15) is 0 Å². The minimum Gasteiger partial charge on any atom is -0.465 e. The molecule has 8 nitrogen and oxygen atoms in total. The normalized spacial score (nSPS) is 14.9. The molecule has 3 rings (SSSR count). The first-order valence-corrected chi connectivity index (χ1v) is 13.0. The van der Waals surface area contributed by atoms with Gasteiger partial charge in [-0.15, -0.1) is 0 Å². The van der Waals surface area contributed by atoms with E-state index in [2.05, 4.69) is 20.7 Å². The number of hydrogen-bond donors (Lipinski definition) is 0. The summed E-state index contributed by atoms with van der Waals surface area (Å²) < 4.78 is 31.4. The van der Waals surface area contributed by atoms with Crippen LogP contribution < -0.4 is 0 Å². The number of carbonyl (C=O) groups excluding carboxylic acids is 2. The quantitative estimate of drug-likeness (QED) is 0.203. The van der Waals surface area contributed by atoms with E-state index in [0.29, 0.717) is 49.5 Å². The van der Waals surface area contributed by atoms with Crippen LogP contribution in [0, 0.1) is 0 Å². The molecule has 1 unspecified atom stereocenters. The van der Waals surface area contributed by atoms with E-state index in [-0.39, 0.29) is 18.2 Å². The monoisotopic (exact) mass is 566 g/mol. The molecule has 2 aromatic carbocycles. The van der Waals surface area contributed by atoms with Gasteiger partial charge in [-0.1, -0.05) is 52.3 Å². The van der Waals surface area contributed by atoms with Gasteiger partial charge in [0, 0.05) is 11.9 Å². The van der Waals surface area contributed by atoms with Crippen LogP contribution in [0.5, 0.6) is 0 Å². The van der Waals surface area contributed by atoms with Crippen molar-refractivity contribution in [2.75, 3.05) is 47.3 Å². The zero-order valence-corrected chi connectivity index (χ0v) is 22.5. The Bertz CT molecular complexity index is 914. The first-order chi connectivity index (χ1) is 17.6. The summed E-state index contributed by atoms with van der Waals surface area (Å²) in [4.78, 5) is 22.8. The standard InChI is InChI=1S/C18H26O6.C9H9BrO2/c1-20-18(19)16-7-3-2-6-15(16)14-22-11-10-21-12-13-24-17-8-4-5-9-23-17;1-12-9(11)8-5-3-2-4-7(8)6-10/h2-3,6-7,17H,4-5,8-14H2,1H3;2-5H,6H2,1H3. The molecule has 0 amide bonds. The average Bonchev–Trinajstić information content (AvgIpc) is 2.94. The molecule has 36 heavy (non-hydrogen) atoms. The largest absolute Gasteiger partial charge is 0.465 e. The maximum atomic E-state index is 11.6. The third-order valence-electron chi connectivity index (χ3n) is 5.29. The van der Waals surface area contributed by atoms with Crippen LogP contribution >= 0.6 is 15.9 Å². The van der Waals surface area contributed by atoms with Crippen molar-refractivity contribution >= 4 is 27.9 Å². The molecule has 0 N–H and O–H groups in total. The van der Waals surface area contributed by atoms with Gasteiger partial charge in [0.05, 0.1) is 58.4 Å². The van der Waals surface area contributed by atoms with Crippen LogP contribution in [0.4, 0.5) is 0 Å². The second kappa shape index (κ2) is 18.0. The second-order valence-corrected chi connectivity index (χ2v) is 8.32. The Morgan fingerprint density at radius 1 is 0.833 bits per heavy atom. The minimum atomic E-state index is -0.354. The first kappa shape index (κ1) is 29.9. The van der Waals surface area contributed by atoms with E-state index in [4.69, 9.17) is 23.7 Å². The van der Waals surface area contributed by atoms with Gasteiger partial charge in [-0.25, -0.2) is 9.59 Å². The lowest BCUT2D eigenvalue weighted by Crippen LogP contribution is -2.24. The summed E-state index contributed by atoms with van der Waals surface area (Å²) in [5.41, 5.74) is 2.91. The van der Waals surface area contributed by atoms with Gasteiger partial charge in [-0.3, -0.25) is 0 Å².